The molecule has 0 atom stereocenters. The van der Waals surface area contributed by atoms with Gasteiger partial charge in [-0.1, -0.05) is 6.07 Å². The van der Waals surface area contributed by atoms with Crippen LogP contribution in [-0.2, 0) is 13.0 Å². The van der Waals surface area contributed by atoms with Crippen molar-refractivity contribution in [3.63, 3.8) is 0 Å². The third-order valence-corrected chi connectivity index (χ3v) is 4.26. The van der Waals surface area contributed by atoms with E-state index >= 15 is 0 Å². The second-order valence-electron chi connectivity index (χ2n) is 4.18. The van der Waals surface area contributed by atoms with Crippen LogP contribution in [0.3, 0.4) is 0 Å². The van der Waals surface area contributed by atoms with Gasteiger partial charge in [0.25, 0.3) is 0 Å². The molecule has 1 N–H and O–H groups in total. The molecule has 0 fully saturated rings. The van der Waals surface area contributed by atoms with E-state index in [4.69, 9.17) is 0 Å². The lowest BCUT2D eigenvalue weighted by atomic mass is 10.2. The van der Waals surface area contributed by atoms with Crippen LogP contribution in [0.15, 0.2) is 17.5 Å². The van der Waals surface area contributed by atoms with Crippen molar-refractivity contribution in [1.29, 1.82) is 0 Å². The van der Waals surface area contributed by atoms with E-state index in [1.807, 2.05) is 36.5 Å². The van der Waals surface area contributed by atoms with E-state index in [9.17, 15) is 9.90 Å². The minimum absolute atomic E-state index is 0.361. The van der Waals surface area contributed by atoms with Crippen LogP contribution in [0.25, 0.3) is 0 Å². The predicted molar refractivity (Wildman–Crippen MR) is 73.6 cm³/mol. The van der Waals surface area contributed by atoms with Crippen LogP contribution in [0, 0.1) is 0 Å². The third kappa shape index (κ3) is 3.16. The van der Waals surface area contributed by atoms with Crippen molar-refractivity contribution in [2.24, 2.45) is 0 Å². The first-order valence-electron chi connectivity index (χ1n) is 5.45. The largest absolute Gasteiger partial charge is 0.477 e. The Morgan fingerprint density at radius 1 is 1.50 bits per heavy atom. The maximum atomic E-state index is 11.2. The molecule has 0 saturated carbocycles. The number of carboxylic acids is 1. The van der Waals surface area contributed by atoms with E-state index in [0.717, 1.165) is 9.88 Å². The Morgan fingerprint density at radius 3 is 2.83 bits per heavy atom. The fraction of sp³-hybridized carbons (Fsp3) is 0.333. The fourth-order valence-corrected chi connectivity index (χ4v) is 3.35. The molecule has 18 heavy (non-hydrogen) atoms. The lowest BCUT2D eigenvalue weighted by molar-refractivity contribution is 0.0701. The van der Waals surface area contributed by atoms with Crippen LogP contribution in [0.4, 0.5) is 0 Å². The zero-order chi connectivity index (χ0) is 13.1. The molecule has 96 valence electrons. The lowest BCUT2D eigenvalue weighted by Gasteiger charge is -2.04. The highest BCUT2D eigenvalue weighted by atomic mass is 32.1. The van der Waals surface area contributed by atoms with Gasteiger partial charge in [-0.15, -0.1) is 22.7 Å². The van der Waals surface area contributed by atoms with Crippen molar-refractivity contribution in [3.8, 4) is 0 Å². The standard InChI is InChI=1S/C12H14N2O2S2/c1-14(2)7-10-13-9(11(18-10)12(15)16)6-8-4-3-5-17-8/h3-5H,6-7H2,1-2H3,(H,15,16). The highest BCUT2D eigenvalue weighted by molar-refractivity contribution is 7.13. The third-order valence-electron chi connectivity index (χ3n) is 2.31. The molecule has 4 nitrogen and oxygen atoms in total. The quantitative estimate of drug-likeness (QED) is 0.915. The van der Waals surface area contributed by atoms with E-state index in [2.05, 4.69) is 4.98 Å². The molecule has 0 bridgehead atoms. The van der Waals surface area contributed by atoms with Crippen molar-refractivity contribution in [3.05, 3.63) is 38.0 Å². The average Bonchev–Trinajstić information content (AvgIpc) is 2.87. The number of hydrogen-bond donors (Lipinski definition) is 1. The maximum absolute atomic E-state index is 11.2. The van der Waals surface area contributed by atoms with E-state index in [-0.39, 0.29) is 0 Å². The summed E-state index contributed by atoms with van der Waals surface area (Å²) in [5.74, 6) is -0.885. The van der Waals surface area contributed by atoms with E-state index < -0.39 is 5.97 Å². The normalized spacial score (nSPS) is 11.1. The van der Waals surface area contributed by atoms with Crippen molar-refractivity contribution < 1.29 is 9.90 Å². The molecule has 0 radical (unpaired) electrons. The van der Waals surface area contributed by atoms with Crippen LogP contribution in [0.5, 0.6) is 0 Å². The molecular weight excluding hydrogens is 268 g/mol. The first kappa shape index (κ1) is 13.2. The van der Waals surface area contributed by atoms with E-state index in [0.29, 0.717) is 23.5 Å². The molecule has 0 saturated heterocycles. The number of aromatic nitrogens is 1. The summed E-state index contributed by atoms with van der Waals surface area (Å²) in [4.78, 5) is 19.1. The van der Waals surface area contributed by atoms with Gasteiger partial charge < -0.3 is 10.0 Å². The Hall–Kier alpha value is -1.24. The number of nitrogens with zero attached hydrogens (tertiary/aromatic N) is 2. The van der Waals surface area contributed by atoms with Gasteiger partial charge in [-0.3, -0.25) is 0 Å². The minimum Gasteiger partial charge on any atom is -0.477 e. The van der Waals surface area contributed by atoms with Gasteiger partial charge >= 0.3 is 5.97 Å². The topological polar surface area (TPSA) is 53.4 Å². The number of thiophene rings is 1. The first-order valence-corrected chi connectivity index (χ1v) is 7.15. The fourth-order valence-electron chi connectivity index (χ4n) is 1.60. The average molecular weight is 282 g/mol. The molecular formula is C12H14N2O2S2. The summed E-state index contributed by atoms with van der Waals surface area (Å²) in [6, 6.07) is 3.97. The van der Waals surface area contributed by atoms with Crippen LogP contribution in [0.2, 0.25) is 0 Å². The summed E-state index contributed by atoms with van der Waals surface area (Å²) < 4.78 is 0. The number of aromatic carboxylic acids is 1. The highest BCUT2D eigenvalue weighted by Crippen LogP contribution is 2.23. The van der Waals surface area contributed by atoms with Crippen molar-refractivity contribution in [1.82, 2.24) is 9.88 Å². The summed E-state index contributed by atoms with van der Waals surface area (Å²) in [6.45, 7) is 0.676. The van der Waals surface area contributed by atoms with Gasteiger partial charge in [0.05, 0.1) is 5.69 Å². The number of carbonyl (C=O) groups is 1. The van der Waals surface area contributed by atoms with Crippen LogP contribution >= 0.6 is 22.7 Å². The molecule has 0 aliphatic carbocycles. The molecule has 2 aromatic heterocycles. The summed E-state index contributed by atoms with van der Waals surface area (Å²) in [5.41, 5.74) is 0.673. The van der Waals surface area contributed by atoms with Gasteiger partial charge in [-0.2, -0.15) is 0 Å². The number of rotatable bonds is 5. The predicted octanol–water partition coefficient (Wildman–Crippen LogP) is 2.56. The van der Waals surface area contributed by atoms with Crippen LogP contribution in [-0.4, -0.2) is 35.1 Å². The maximum Gasteiger partial charge on any atom is 0.347 e. The molecule has 6 heteroatoms. The highest BCUT2D eigenvalue weighted by Gasteiger charge is 2.18. The minimum atomic E-state index is -0.885. The van der Waals surface area contributed by atoms with Crippen LogP contribution in [0.1, 0.15) is 25.3 Å². The molecule has 0 unspecified atom stereocenters. The van der Waals surface area contributed by atoms with E-state index in [1.165, 1.54) is 11.3 Å². The first-order chi connectivity index (χ1) is 8.56. The molecule has 0 aliphatic heterocycles. The van der Waals surface area contributed by atoms with Crippen molar-refractivity contribution >= 4 is 28.6 Å². The number of carboxylic acid groups (broad SMARTS) is 1. The summed E-state index contributed by atoms with van der Waals surface area (Å²) >= 11 is 2.89. The molecule has 0 aliphatic rings. The monoisotopic (exact) mass is 282 g/mol. The zero-order valence-electron chi connectivity index (χ0n) is 10.2. The molecule has 0 amide bonds. The van der Waals surface area contributed by atoms with Gasteiger partial charge in [0.2, 0.25) is 0 Å². The van der Waals surface area contributed by atoms with E-state index in [1.54, 1.807) is 11.3 Å². The molecule has 0 spiro atoms. The lowest BCUT2D eigenvalue weighted by Crippen LogP contribution is -2.10. The summed E-state index contributed by atoms with van der Waals surface area (Å²) in [7, 11) is 3.89. The second kappa shape index (κ2) is 5.60. The smallest absolute Gasteiger partial charge is 0.347 e. The SMILES string of the molecule is CN(C)Cc1nc(Cc2cccs2)c(C(=O)O)s1. The van der Waals surface area contributed by atoms with Crippen LogP contribution < -0.4 is 0 Å². The van der Waals surface area contributed by atoms with Gasteiger partial charge in [0.15, 0.2) is 0 Å². The Kier molecular flexibility index (Phi) is 4.11. The molecule has 2 aromatic rings. The molecule has 0 aromatic carbocycles. The van der Waals surface area contributed by atoms with Gasteiger partial charge in [0, 0.05) is 17.8 Å². The van der Waals surface area contributed by atoms with Crippen molar-refractivity contribution in [2.45, 2.75) is 13.0 Å². The van der Waals surface area contributed by atoms with Gasteiger partial charge in [-0.05, 0) is 25.5 Å². The Labute approximate surface area is 114 Å². The summed E-state index contributed by atoms with van der Waals surface area (Å²) in [5, 5.41) is 12.0. The van der Waals surface area contributed by atoms with Gasteiger partial charge in [-0.25, -0.2) is 9.78 Å². The molecule has 2 rings (SSSR count). The number of thiazole rings is 1. The summed E-state index contributed by atoms with van der Waals surface area (Å²) in [6.07, 6.45) is 0.600. The number of hydrogen-bond acceptors (Lipinski definition) is 5. The zero-order valence-corrected chi connectivity index (χ0v) is 11.8. The Bertz CT molecular complexity index is 532. The Morgan fingerprint density at radius 2 is 2.28 bits per heavy atom. The second-order valence-corrected chi connectivity index (χ2v) is 6.30. The Balaban J connectivity index is 2.26. The van der Waals surface area contributed by atoms with Gasteiger partial charge in [0.1, 0.15) is 9.88 Å². The molecule has 2 heterocycles. The van der Waals surface area contributed by atoms with Crippen molar-refractivity contribution in [2.75, 3.05) is 14.1 Å².